The number of carbonyl (C=O) groups excluding carboxylic acids is 1. The Labute approximate surface area is 88.9 Å². The summed E-state index contributed by atoms with van der Waals surface area (Å²) in [5.41, 5.74) is -0.0671. The van der Waals surface area contributed by atoms with Crippen molar-refractivity contribution < 1.29 is 23.5 Å². The first kappa shape index (κ1) is 10.5. The predicted octanol–water partition coefficient (Wildman–Crippen LogP) is 1.48. The molecule has 0 spiro atoms. The largest absolute Gasteiger partial charge is 0.481 e. The van der Waals surface area contributed by atoms with Crippen LogP contribution in [-0.2, 0) is 9.59 Å². The topological polar surface area (TPSA) is 66.4 Å². The van der Waals surface area contributed by atoms with Gasteiger partial charge in [-0.25, -0.2) is 8.78 Å². The van der Waals surface area contributed by atoms with Crippen molar-refractivity contribution in [1.82, 2.24) is 0 Å². The molecule has 2 N–H and O–H groups in total. The van der Waals surface area contributed by atoms with Gasteiger partial charge in [0.15, 0.2) is 0 Å². The number of carbonyl (C=O) groups is 2. The molecule has 0 radical (unpaired) electrons. The van der Waals surface area contributed by atoms with Crippen LogP contribution in [0.4, 0.5) is 14.5 Å². The maximum Gasteiger partial charge on any atom is 0.304 e. The molecule has 1 unspecified atom stereocenters. The van der Waals surface area contributed by atoms with Crippen LogP contribution >= 0.6 is 0 Å². The zero-order valence-corrected chi connectivity index (χ0v) is 7.96. The molecule has 6 heteroatoms. The van der Waals surface area contributed by atoms with Gasteiger partial charge in [0.2, 0.25) is 5.91 Å². The Bertz CT molecular complexity index is 487. The number of aliphatic carboxylic acids is 1. The highest BCUT2D eigenvalue weighted by molar-refractivity contribution is 6.04. The molecule has 1 aromatic carbocycles. The molecule has 2 rings (SSSR count). The number of carboxylic acid groups (broad SMARTS) is 1. The minimum Gasteiger partial charge on any atom is -0.481 e. The van der Waals surface area contributed by atoms with Gasteiger partial charge in [-0.2, -0.15) is 0 Å². The van der Waals surface area contributed by atoms with Gasteiger partial charge in [-0.3, -0.25) is 9.59 Å². The molecule has 0 fully saturated rings. The van der Waals surface area contributed by atoms with Crippen molar-refractivity contribution in [1.29, 1.82) is 0 Å². The second-order valence-electron chi connectivity index (χ2n) is 3.49. The fourth-order valence-corrected chi connectivity index (χ4v) is 1.76. The Balaban J connectivity index is 2.48. The van der Waals surface area contributed by atoms with Crippen molar-refractivity contribution in [3.8, 4) is 0 Å². The van der Waals surface area contributed by atoms with E-state index >= 15 is 0 Å². The summed E-state index contributed by atoms with van der Waals surface area (Å²) in [4.78, 5) is 21.9. The first-order chi connectivity index (χ1) is 7.49. The summed E-state index contributed by atoms with van der Waals surface area (Å²) < 4.78 is 26.2. The third kappa shape index (κ3) is 1.62. The average Bonchev–Trinajstić information content (AvgIpc) is 2.41. The molecule has 0 saturated carbocycles. The second kappa shape index (κ2) is 3.55. The van der Waals surface area contributed by atoms with Crippen LogP contribution in [0.15, 0.2) is 12.1 Å². The minimum atomic E-state index is -1.21. The number of hydrogen-bond acceptors (Lipinski definition) is 2. The predicted molar refractivity (Wildman–Crippen MR) is 50.0 cm³/mol. The van der Waals surface area contributed by atoms with Crippen LogP contribution in [0.3, 0.4) is 0 Å². The molecule has 84 valence electrons. The minimum absolute atomic E-state index is 0.00810. The van der Waals surface area contributed by atoms with Gasteiger partial charge in [0, 0.05) is 11.6 Å². The summed E-state index contributed by atoms with van der Waals surface area (Å²) >= 11 is 0. The number of amides is 1. The Kier molecular flexibility index (Phi) is 2.34. The summed E-state index contributed by atoms with van der Waals surface area (Å²) in [5.74, 6) is -4.64. The van der Waals surface area contributed by atoms with Gasteiger partial charge in [0.25, 0.3) is 0 Å². The first-order valence-corrected chi connectivity index (χ1v) is 4.50. The van der Waals surface area contributed by atoms with Crippen LogP contribution in [0, 0.1) is 11.6 Å². The van der Waals surface area contributed by atoms with E-state index in [4.69, 9.17) is 5.11 Å². The van der Waals surface area contributed by atoms with E-state index in [1.807, 2.05) is 0 Å². The Morgan fingerprint density at radius 2 is 2.12 bits per heavy atom. The SMILES string of the molecule is O=C(O)CC1C(=O)Nc2cc(F)cc(F)c21. The van der Waals surface area contributed by atoms with Crippen molar-refractivity contribution in [3.05, 3.63) is 29.3 Å². The Morgan fingerprint density at radius 3 is 2.75 bits per heavy atom. The van der Waals surface area contributed by atoms with E-state index in [2.05, 4.69) is 5.32 Å². The molecule has 1 heterocycles. The number of carboxylic acids is 1. The van der Waals surface area contributed by atoms with Gasteiger partial charge in [0.05, 0.1) is 18.0 Å². The van der Waals surface area contributed by atoms with Crippen LogP contribution in [-0.4, -0.2) is 17.0 Å². The van der Waals surface area contributed by atoms with Crippen LogP contribution in [0.1, 0.15) is 17.9 Å². The molecule has 1 aliphatic rings. The monoisotopic (exact) mass is 227 g/mol. The van der Waals surface area contributed by atoms with Crippen LogP contribution in [0.25, 0.3) is 0 Å². The third-order valence-electron chi connectivity index (χ3n) is 2.40. The molecular weight excluding hydrogens is 220 g/mol. The van der Waals surface area contributed by atoms with Gasteiger partial charge in [-0.15, -0.1) is 0 Å². The zero-order chi connectivity index (χ0) is 11.9. The normalized spacial score (nSPS) is 18.1. The maximum absolute atomic E-state index is 13.4. The third-order valence-corrected chi connectivity index (χ3v) is 2.40. The van der Waals surface area contributed by atoms with Gasteiger partial charge in [0.1, 0.15) is 11.6 Å². The number of anilines is 1. The summed E-state index contributed by atoms with van der Waals surface area (Å²) in [5, 5.41) is 10.8. The summed E-state index contributed by atoms with van der Waals surface area (Å²) in [6.45, 7) is 0. The van der Waals surface area contributed by atoms with E-state index in [9.17, 15) is 18.4 Å². The van der Waals surface area contributed by atoms with Crippen molar-refractivity contribution in [3.63, 3.8) is 0 Å². The number of rotatable bonds is 2. The van der Waals surface area contributed by atoms with Crippen LogP contribution in [0.2, 0.25) is 0 Å². The number of benzene rings is 1. The molecule has 16 heavy (non-hydrogen) atoms. The highest BCUT2D eigenvalue weighted by atomic mass is 19.1. The standard InChI is InChI=1S/C10H7F2NO3/c11-4-1-6(12)9-5(3-8(14)15)10(16)13-7(9)2-4/h1-2,5H,3H2,(H,13,16)(H,14,15). The molecule has 1 amide bonds. The van der Waals surface area contributed by atoms with E-state index in [0.29, 0.717) is 6.07 Å². The summed E-state index contributed by atoms with van der Waals surface area (Å²) in [7, 11) is 0. The van der Waals surface area contributed by atoms with Gasteiger partial charge >= 0.3 is 5.97 Å². The number of halogens is 2. The summed E-state index contributed by atoms with van der Waals surface area (Å²) in [6.07, 6.45) is -0.513. The second-order valence-corrected chi connectivity index (χ2v) is 3.49. The van der Waals surface area contributed by atoms with Crippen molar-refractivity contribution >= 4 is 17.6 Å². The van der Waals surface area contributed by atoms with Gasteiger partial charge in [-0.05, 0) is 6.07 Å². The fourth-order valence-electron chi connectivity index (χ4n) is 1.76. The van der Waals surface area contributed by atoms with E-state index in [0.717, 1.165) is 6.07 Å². The van der Waals surface area contributed by atoms with E-state index in [1.54, 1.807) is 0 Å². The van der Waals surface area contributed by atoms with Gasteiger partial charge < -0.3 is 10.4 Å². The Hall–Kier alpha value is -1.98. The lowest BCUT2D eigenvalue weighted by molar-refractivity contribution is -0.138. The molecule has 1 atom stereocenters. The highest BCUT2D eigenvalue weighted by Gasteiger charge is 2.35. The average molecular weight is 227 g/mol. The molecule has 1 aromatic rings. The van der Waals surface area contributed by atoms with Gasteiger partial charge in [-0.1, -0.05) is 0 Å². The summed E-state index contributed by atoms with van der Waals surface area (Å²) in [6, 6.07) is 1.60. The van der Waals surface area contributed by atoms with Crippen molar-refractivity contribution in [2.75, 3.05) is 5.32 Å². The molecule has 0 saturated heterocycles. The number of nitrogens with one attached hydrogen (secondary N) is 1. The van der Waals surface area contributed by atoms with E-state index in [-0.39, 0.29) is 11.3 Å². The van der Waals surface area contributed by atoms with Crippen molar-refractivity contribution in [2.24, 2.45) is 0 Å². The van der Waals surface area contributed by atoms with Crippen molar-refractivity contribution in [2.45, 2.75) is 12.3 Å². The van der Waals surface area contributed by atoms with Crippen LogP contribution in [0.5, 0.6) is 0 Å². The molecule has 4 nitrogen and oxygen atoms in total. The Morgan fingerprint density at radius 1 is 1.44 bits per heavy atom. The number of fused-ring (bicyclic) bond motifs is 1. The molecule has 0 aliphatic carbocycles. The lowest BCUT2D eigenvalue weighted by atomic mass is 9.97. The molecule has 0 bridgehead atoms. The quantitative estimate of drug-likeness (QED) is 0.804. The number of hydrogen-bond donors (Lipinski definition) is 2. The zero-order valence-electron chi connectivity index (χ0n) is 7.96. The molecule has 1 aliphatic heterocycles. The fraction of sp³-hybridized carbons (Fsp3) is 0.200. The molecular formula is C10H7F2NO3. The van der Waals surface area contributed by atoms with E-state index in [1.165, 1.54) is 0 Å². The maximum atomic E-state index is 13.4. The van der Waals surface area contributed by atoms with E-state index < -0.39 is 35.8 Å². The lowest BCUT2D eigenvalue weighted by Crippen LogP contribution is -2.15. The van der Waals surface area contributed by atoms with Crippen LogP contribution < -0.4 is 5.32 Å². The lowest BCUT2D eigenvalue weighted by Gasteiger charge is -2.06. The smallest absolute Gasteiger partial charge is 0.304 e. The first-order valence-electron chi connectivity index (χ1n) is 4.50. The molecule has 0 aromatic heterocycles. The highest BCUT2D eigenvalue weighted by Crippen LogP contribution is 2.37.